The number of carbonyl (C=O) groups excluding carboxylic acids is 2. The summed E-state index contributed by atoms with van der Waals surface area (Å²) in [6, 6.07) is 8.09. The number of benzene rings is 2. The van der Waals surface area contributed by atoms with Crippen molar-refractivity contribution in [1.29, 1.82) is 0 Å². The van der Waals surface area contributed by atoms with Gasteiger partial charge in [-0.1, -0.05) is 40.9 Å². The van der Waals surface area contributed by atoms with Crippen LogP contribution in [0.2, 0.25) is 15.1 Å². The molecule has 2 rings (SSSR count). The maximum Gasteiger partial charge on any atom is 0.387 e. The van der Waals surface area contributed by atoms with Crippen molar-refractivity contribution >= 4 is 52.4 Å². The SMILES string of the molecule is O=C(COC(=O)c1cccc(Cl)c1Cl)Nc1ccc(OC(F)F)c(Cl)c1. The summed E-state index contributed by atoms with van der Waals surface area (Å²) in [6.45, 7) is -3.63. The molecule has 0 atom stereocenters. The van der Waals surface area contributed by atoms with E-state index in [-0.39, 0.29) is 32.1 Å². The Balaban J connectivity index is 1.93. The second-order valence-corrected chi connectivity index (χ2v) is 5.94. The predicted octanol–water partition coefficient (Wildman–Crippen LogP) is 5.04. The molecule has 0 aliphatic carbocycles. The van der Waals surface area contributed by atoms with Crippen molar-refractivity contribution in [3.05, 3.63) is 57.0 Å². The molecule has 0 radical (unpaired) electrons. The average Bonchev–Trinajstić information content (AvgIpc) is 2.57. The Morgan fingerprint density at radius 3 is 2.46 bits per heavy atom. The molecule has 0 unspecified atom stereocenters. The Morgan fingerprint density at radius 2 is 1.81 bits per heavy atom. The lowest BCUT2D eigenvalue weighted by atomic mass is 10.2. The van der Waals surface area contributed by atoms with E-state index in [2.05, 4.69) is 10.1 Å². The van der Waals surface area contributed by atoms with Gasteiger partial charge >= 0.3 is 12.6 Å². The van der Waals surface area contributed by atoms with E-state index < -0.39 is 25.1 Å². The Bertz CT molecular complexity index is 833. The highest BCUT2D eigenvalue weighted by Gasteiger charge is 2.16. The Morgan fingerprint density at radius 1 is 1.08 bits per heavy atom. The number of halogens is 5. The molecule has 0 fully saturated rings. The van der Waals surface area contributed by atoms with Crippen LogP contribution in [0.3, 0.4) is 0 Å². The summed E-state index contributed by atoms with van der Waals surface area (Å²) in [5, 5.41) is 2.46. The van der Waals surface area contributed by atoms with Gasteiger partial charge < -0.3 is 14.8 Å². The third kappa shape index (κ3) is 5.45. The molecule has 10 heteroatoms. The summed E-state index contributed by atoms with van der Waals surface area (Å²) in [5.41, 5.74) is 0.224. The largest absolute Gasteiger partial charge is 0.452 e. The van der Waals surface area contributed by atoms with Crippen LogP contribution in [0.25, 0.3) is 0 Å². The van der Waals surface area contributed by atoms with Crippen LogP contribution in [0.5, 0.6) is 5.75 Å². The first-order chi connectivity index (χ1) is 12.3. The van der Waals surface area contributed by atoms with Gasteiger partial charge in [0.05, 0.1) is 20.6 Å². The van der Waals surface area contributed by atoms with Crippen LogP contribution in [-0.4, -0.2) is 25.1 Å². The van der Waals surface area contributed by atoms with Crippen molar-refractivity contribution in [2.24, 2.45) is 0 Å². The standard InChI is InChI=1S/C16H10Cl3F2NO4/c17-10-3-1-2-9(14(10)19)15(24)25-7-13(23)22-8-4-5-12(11(18)6-8)26-16(20)21/h1-6,16H,7H2,(H,22,23). The van der Waals surface area contributed by atoms with Crippen molar-refractivity contribution < 1.29 is 27.8 Å². The molecule has 0 aliphatic heterocycles. The van der Waals surface area contributed by atoms with Gasteiger partial charge in [-0.3, -0.25) is 4.79 Å². The maximum atomic E-state index is 12.2. The lowest BCUT2D eigenvalue weighted by molar-refractivity contribution is -0.119. The highest BCUT2D eigenvalue weighted by atomic mass is 35.5. The van der Waals surface area contributed by atoms with Gasteiger partial charge in [0, 0.05) is 5.69 Å². The minimum absolute atomic E-state index is 0.0148. The number of esters is 1. The Hall–Kier alpha value is -2.09. The molecule has 0 saturated carbocycles. The second-order valence-electron chi connectivity index (χ2n) is 4.75. The molecule has 26 heavy (non-hydrogen) atoms. The number of hydrogen-bond donors (Lipinski definition) is 1. The van der Waals surface area contributed by atoms with Crippen molar-refractivity contribution in [2.45, 2.75) is 6.61 Å². The molecule has 0 saturated heterocycles. The highest BCUT2D eigenvalue weighted by Crippen LogP contribution is 2.29. The zero-order valence-corrected chi connectivity index (χ0v) is 15.0. The molecule has 0 bridgehead atoms. The van der Waals surface area contributed by atoms with Gasteiger partial charge in [0.2, 0.25) is 0 Å². The van der Waals surface area contributed by atoms with Crippen molar-refractivity contribution in [2.75, 3.05) is 11.9 Å². The first-order valence-corrected chi connectivity index (χ1v) is 8.06. The van der Waals surface area contributed by atoms with Crippen LogP contribution in [-0.2, 0) is 9.53 Å². The molecule has 0 aromatic heterocycles. The molecule has 0 heterocycles. The Kier molecular flexibility index (Phi) is 7.02. The monoisotopic (exact) mass is 423 g/mol. The van der Waals surface area contributed by atoms with E-state index in [1.54, 1.807) is 0 Å². The van der Waals surface area contributed by atoms with Crippen LogP contribution in [0.4, 0.5) is 14.5 Å². The Labute approximate surface area is 161 Å². The van der Waals surface area contributed by atoms with E-state index in [4.69, 9.17) is 39.5 Å². The number of anilines is 1. The summed E-state index contributed by atoms with van der Waals surface area (Å²) in [5.74, 6) is -1.73. The summed E-state index contributed by atoms with van der Waals surface area (Å²) in [7, 11) is 0. The van der Waals surface area contributed by atoms with Gasteiger partial charge in [-0.05, 0) is 30.3 Å². The lowest BCUT2D eigenvalue weighted by Gasteiger charge is -2.10. The van der Waals surface area contributed by atoms with Crippen LogP contribution in [0.1, 0.15) is 10.4 Å². The first-order valence-electron chi connectivity index (χ1n) is 6.93. The van der Waals surface area contributed by atoms with Gasteiger partial charge in [-0.15, -0.1) is 0 Å². The van der Waals surface area contributed by atoms with Crippen molar-refractivity contribution in [1.82, 2.24) is 0 Å². The molecule has 0 aliphatic rings. The normalized spacial score (nSPS) is 10.5. The van der Waals surface area contributed by atoms with E-state index in [1.807, 2.05) is 0 Å². The van der Waals surface area contributed by atoms with E-state index in [1.165, 1.54) is 36.4 Å². The first kappa shape index (κ1) is 20.2. The maximum absolute atomic E-state index is 12.2. The lowest BCUT2D eigenvalue weighted by Crippen LogP contribution is -2.21. The topological polar surface area (TPSA) is 64.6 Å². The van der Waals surface area contributed by atoms with Gasteiger partial charge in [0.25, 0.3) is 5.91 Å². The predicted molar refractivity (Wildman–Crippen MR) is 93.5 cm³/mol. The minimum atomic E-state index is -3.02. The number of nitrogens with one attached hydrogen (secondary N) is 1. The van der Waals surface area contributed by atoms with E-state index in [0.717, 1.165) is 0 Å². The van der Waals surface area contributed by atoms with Gasteiger partial charge in [0.15, 0.2) is 6.61 Å². The molecular weight excluding hydrogens is 415 g/mol. The van der Waals surface area contributed by atoms with Crippen LogP contribution >= 0.6 is 34.8 Å². The molecule has 138 valence electrons. The minimum Gasteiger partial charge on any atom is -0.452 e. The number of hydrogen-bond acceptors (Lipinski definition) is 4. The summed E-state index contributed by atoms with van der Waals surface area (Å²) < 4.78 is 33.4. The molecule has 1 amide bonds. The fourth-order valence-corrected chi connectivity index (χ4v) is 2.44. The second kappa shape index (κ2) is 9.02. The van der Waals surface area contributed by atoms with Gasteiger partial charge in [0.1, 0.15) is 5.75 Å². The van der Waals surface area contributed by atoms with E-state index >= 15 is 0 Å². The third-order valence-corrected chi connectivity index (χ3v) is 4.05. The summed E-state index contributed by atoms with van der Waals surface area (Å²) in [4.78, 5) is 23.8. The van der Waals surface area contributed by atoms with Crippen molar-refractivity contribution in [3.8, 4) is 5.75 Å². The smallest absolute Gasteiger partial charge is 0.387 e. The van der Waals surface area contributed by atoms with Gasteiger partial charge in [-0.2, -0.15) is 8.78 Å². The van der Waals surface area contributed by atoms with Crippen LogP contribution < -0.4 is 10.1 Å². The quantitative estimate of drug-likeness (QED) is 0.660. The fourth-order valence-electron chi connectivity index (χ4n) is 1.84. The third-order valence-electron chi connectivity index (χ3n) is 2.94. The molecule has 5 nitrogen and oxygen atoms in total. The van der Waals surface area contributed by atoms with E-state index in [9.17, 15) is 18.4 Å². The summed E-state index contributed by atoms with van der Waals surface area (Å²) >= 11 is 17.5. The number of ether oxygens (including phenoxy) is 2. The molecular formula is C16H10Cl3F2NO4. The number of carbonyl (C=O) groups is 2. The molecule has 0 spiro atoms. The van der Waals surface area contributed by atoms with Crippen LogP contribution in [0, 0.1) is 0 Å². The fraction of sp³-hybridized carbons (Fsp3) is 0.125. The van der Waals surface area contributed by atoms with Gasteiger partial charge in [-0.25, -0.2) is 4.79 Å². The summed E-state index contributed by atoms with van der Waals surface area (Å²) in [6.07, 6.45) is 0. The molecule has 2 aromatic carbocycles. The molecule has 1 N–H and O–H groups in total. The average molecular weight is 425 g/mol. The van der Waals surface area contributed by atoms with E-state index in [0.29, 0.717) is 0 Å². The zero-order chi connectivity index (χ0) is 19.3. The number of alkyl halides is 2. The highest BCUT2D eigenvalue weighted by molar-refractivity contribution is 6.43. The number of amides is 1. The van der Waals surface area contributed by atoms with Crippen LogP contribution in [0.15, 0.2) is 36.4 Å². The zero-order valence-electron chi connectivity index (χ0n) is 12.8. The number of rotatable bonds is 6. The van der Waals surface area contributed by atoms with Crippen molar-refractivity contribution in [3.63, 3.8) is 0 Å². The molecule has 2 aromatic rings.